The van der Waals surface area contributed by atoms with E-state index in [1.807, 2.05) is 0 Å². The van der Waals surface area contributed by atoms with Crippen LogP contribution in [0, 0.1) is 0 Å². The molecule has 0 radical (unpaired) electrons. The summed E-state index contributed by atoms with van der Waals surface area (Å²) in [4.78, 5) is 0. The van der Waals surface area contributed by atoms with E-state index in [1.54, 1.807) is 0 Å². The Labute approximate surface area is 110 Å². The summed E-state index contributed by atoms with van der Waals surface area (Å²) in [6.45, 7) is 2.26. The second-order valence-corrected chi connectivity index (χ2v) is 6.78. The van der Waals surface area contributed by atoms with E-state index in [0.29, 0.717) is 11.4 Å². The van der Waals surface area contributed by atoms with Crippen LogP contribution in [0.1, 0.15) is 64.7 Å². The first-order valence-corrected chi connectivity index (χ1v) is 8.36. The molecule has 0 amide bonds. The van der Waals surface area contributed by atoms with E-state index in [-0.39, 0.29) is 0 Å². The summed E-state index contributed by atoms with van der Waals surface area (Å²) in [7, 11) is 0. The second kappa shape index (κ2) is 7.35. The number of ether oxygens (including phenoxy) is 1. The van der Waals surface area contributed by atoms with Gasteiger partial charge in [0.15, 0.2) is 0 Å². The van der Waals surface area contributed by atoms with Crippen molar-refractivity contribution < 1.29 is 4.74 Å². The maximum atomic E-state index is 5.98. The summed E-state index contributed by atoms with van der Waals surface area (Å²) in [5.41, 5.74) is 1.53. The van der Waals surface area contributed by atoms with E-state index in [9.17, 15) is 0 Å². The standard InChI is InChI=1S/C15H26OS/c1-13(16-12-14-8-5-6-9-14)15-10-4-2-3-7-11-17-15/h12-13,15H,2-11H2,1H3. The summed E-state index contributed by atoms with van der Waals surface area (Å²) >= 11 is 2.13. The van der Waals surface area contributed by atoms with E-state index in [4.69, 9.17) is 4.74 Å². The van der Waals surface area contributed by atoms with E-state index < -0.39 is 0 Å². The van der Waals surface area contributed by atoms with Crippen molar-refractivity contribution in [2.75, 3.05) is 5.75 Å². The zero-order valence-electron chi connectivity index (χ0n) is 11.1. The molecular formula is C15H26OS. The first kappa shape index (κ1) is 13.3. The lowest BCUT2D eigenvalue weighted by molar-refractivity contribution is 0.152. The Morgan fingerprint density at radius 1 is 1.12 bits per heavy atom. The van der Waals surface area contributed by atoms with Crippen molar-refractivity contribution in [2.24, 2.45) is 0 Å². The number of thioether (sulfide) groups is 1. The molecule has 0 bridgehead atoms. The van der Waals surface area contributed by atoms with Crippen LogP contribution in [0.4, 0.5) is 0 Å². The van der Waals surface area contributed by atoms with Crippen LogP contribution in [-0.4, -0.2) is 17.1 Å². The number of hydrogen-bond acceptors (Lipinski definition) is 2. The topological polar surface area (TPSA) is 9.23 Å². The normalized spacial score (nSPS) is 28.3. The number of rotatable bonds is 3. The van der Waals surface area contributed by atoms with Crippen LogP contribution in [0.25, 0.3) is 0 Å². The van der Waals surface area contributed by atoms with Crippen LogP contribution in [0.15, 0.2) is 11.8 Å². The maximum absolute atomic E-state index is 5.98. The average molecular weight is 254 g/mol. The van der Waals surface area contributed by atoms with Gasteiger partial charge in [0.05, 0.1) is 6.26 Å². The lowest BCUT2D eigenvalue weighted by Crippen LogP contribution is -2.23. The highest BCUT2D eigenvalue weighted by Gasteiger charge is 2.19. The molecule has 1 aliphatic heterocycles. The van der Waals surface area contributed by atoms with E-state index in [1.165, 1.54) is 69.1 Å². The second-order valence-electron chi connectivity index (χ2n) is 5.44. The van der Waals surface area contributed by atoms with Gasteiger partial charge in [-0.1, -0.05) is 19.3 Å². The largest absolute Gasteiger partial charge is 0.497 e. The quantitative estimate of drug-likeness (QED) is 0.661. The molecular weight excluding hydrogens is 228 g/mol. The minimum atomic E-state index is 0.395. The lowest BCUT2D eigenvalue weighted by Gasteiger charge is -2.25. The molecule has 0 N–H and O–H groups in total. The van der Waals surface area contributed by atoms with Crippen molar-refractivity contribution >= 4 is 11.8 Å². The van der Waals surface area contributed by atoms with Gasteiger partial charge in [0, 0.05) is 5.25 Å². The molecule has 17 heavy (non-hydrogen) atoms. The van der Waals surface area contributed by atoms with Crippen molar-refractivity contribution in [3.05, 3.63) is 11.8 Å². The fourth-order valence-corrected chi connectivity index (χ4v) is 4.07. The molecule has 2 fully saturated rings. The van der Waals surface area contributed by atoms with Crippen molar-refractivity contribution in [2.45, 2.75) is 76.1 Å². The molecule has 2 aliphatic rings. The van der Waals surface area contributed by atoms with Gasteiger partial charge in [-0.3, -0.25) is 0 Å². The fraction of sp³-hybridized carbons (Fsp3) is 0.867. The minimum Gasteiger partial charge on any atom is -0.497 e. The number of hydrogen-bond donors (Lipinski definition) is 0. The molecule has 98 valence electrons. The third-order valence-electron chi connectivity index (χ3n) is 3.93. The Morgan fingerprint density at radius 3 is 2.71 bits per heavy atom. The van der Waals surface area contributed by atoms with Crippen LogP contribution >= 0.6 is 11.8 Å². The van der Waals surface area contributed by atoms with Crippen molar-refractivity contribution in [1.82, 2.24) is 0 Å². The Balaban J connectivity index is 1.76. The maximum Gasteiger partial charge on any atom is 0.107 e. The number of allylic oxidation sites excluding steroid dienone is 1. The van der Waals surface area contributed by atoms with E-state index >= 15 is 0 Å². The molecule has 0 aromatic carbocycles. The first-order chi connectivity index (χ1) is 8.36. The summed E-state index contributed by atoms with van der Waals surface area (Å²) < 4.78 is 5.98. The minimum absolute atomic E-state index is 0.395. The van der Waals surface area contributed by atoms with Crippen LogP contribution in [-0.2, 0) is 4.74 Å². The third kappa shape index (κ3) is 4.57. The molecule has 1 saturated carbocycles. The highest BCUT2D eigenvalue weighted by molar-refractivity contribution is 7.99. The van der Waals surface area contributed by atoms with Crippen molar-refractivity contribution in [3.63, 3.8) is 0 Å². The molecule has 1 aliphatic carbocycles. The van der Waals surface area contributed by atoms with Gasteiger partial charge in [0.25, 0.3) is 0 Å². The summed E-state index contributed by atoms with van der Waals surface area (Å²) in [6.07, 6.45) is 14.7. The van der Waals surface area contributed by atoms with Gasteiger partial charge < -0.3 is 4.74 Å². The Bertz CT molecular complexity index is 233. The van der Waals surface area contributed by atoms with Gasteiger partial charge in [0.1, 0.15) is 6.10 Å². The van der Waals surface area contributed by atoms with Crippen molar-refractivity contribution in [1.29, 1.82) is 0 Å². The molecule has 0 spiro atoms. The molecule has 2 unspecified atom stereocenters. The van der Waals surface area contributed by atoms with Crippen LogP contribution in [0.5, 0.6) is 0 Å². The highest BCUT2D eigenvalue weighted by Crippen LogP contribution is 2.29. The summed E-state index contributed by atoms with van der Waals surface area (Å²) in [6, 6.07) is 0. The summed E-state index contributed by atoms with van der Waals surface area (Å²) in [5, 5.41) is 0.716. The summed E-state index contributed by atoms with van der Waals surface area (Å²) in [5.74, 6) is 1.33. The third-order valence-corrected chi connectivity index (χ3v) is 5.51. The van der Waals surface area contributed by atoms with Gasteiger partial charge in [-0.25, -0.2) is 0 Å². The van der Waals surface area contributed by atoms with Gasteiger partial charge in [-0.15, -0.1) is 0 Å². The highest BCUT2D eigenvalue weighted by atomic mass is 32.2. The zero-order valence-corrected chi connectivity index (χ0v) is 11.9. The Morgan fingerprint density at radius 2 is 1.88 bits per heavy atom. The monoisotopic (exact) mass is 254 g/mol. The predicted molar refractivity (Wildman–Crippen MR) is 76.4 cm³/mol. The molecule has 1 heterocycles. The van der Waals surface area contributed by atoms with E-state index in [2.05, 4.69) is 24.9 Å². The van der Waals surface area contributed by atoms with Gasteiger partial charge in [-0.05, 0) is 56.8 Å². The zero-order chi connectivity index (χ0) is 11.9. The molecule has 1 saturated heterocycles. The molecule has 1 nitrogen and oxygen atoms in total. The molecule has 0 aromatic rings. The van der Waals surface area contributed by atoms with Gasteiger partial charge >= 0.3 is 0 Å². The van der Waals surface area contributed by atoms with Gasteiger partial charge in [0.2, 0.25) is 0 Å². The average Bonchev–Trinajstić information content (AvgIpc) is 2.78. The molecule has 2 heteroatoms. The van der Waals surface area contributed by atoms with E-state index in [0.717, 1.165) is 0 Å². The molecule has 2 rings (SSSR count). The fourth-order valence-electron chi connectivity index (χ4n) is 2.73. The molecule has 2 atom stereocenters. The van der Waals surface area contributed by atoms with Crippen LogP contribution < -0.4 is 0 Å². The SMILES string of the molecule is CC(OC=C1CCCC1)C1CCCCCCS1. The molecule has 0 aromatic heterocycles. The smallest absolute Gasteiger partial charge is 0.107 e. The Kier molecular flexibility index (Phi) is 5.76. The predicted octanol–water partition coefficient (Wildman–Crippen LogP) is 4.92. The van der Waals surface area contributed by atoms with Crippen LogP contribution in [0.2, 0.25) is 0 Å². The van der Waals surface area contributed by atoms with Crippen molar-refractivity contribution in [3.8, 4) is 0 Å². The Hall–Kier alpha value is -0.110. The van der Waals surface area contributed by atoms with Crippen LogP contribution in [0.3, 0.4) is 0 Å². The first-order valence-electron chi connectivity index (χ1n) is 7.31. The lowest BCUT2D eigenvalue weighted by atomic mass is 10.1. The van der Waals surface area contributed by atoms with Gasteiger partial charge in [-0.2, -0.15) is 11.8 Å².